The van der Waals surface area contributed by atoms with Crippen molar-refractivity contribution in [3.8, 4) is 0 Å². The molecule has 0 saturated carbocycles. The molecule has 0 bridgehead atoms. The second-order valence-corrected chi connectivity index (χ2v) is 4.62. The molecule has 98 valence electrons. The molecule has 1 atom stereocenters. The molecule has 0 aromatic heterocycles. The lowest BCUT2D eigenvalue weighted by Crippen LogP contribution is -2.36. The van der Waals surface area contributed by atoms with Gasteiger partial charge in [0.2, 0.25) is 0 Å². The van der Waals surface area contributed by atoms with Crippen molar-refractivity contribution in [1.82, 2.24) is 5.32 Å². The average molecular weight is 269 g/mol. The fourth-order valence-corrected chi connectivity index (χ4v) is 1.78. The number of carboxylic acid groups (broad SMARTS) is 1. The molecule has 0 radical (unpaired) electrons. The van der Waals surface area contributed by atoms with E-state index in [1.807, 2.05) is 18.4 Å². The molecule has 0 aliphatic rings. The fraction of sp³-hybridized carbons (Fsp3) is 0.333. The van der Waals surface area contributed by atoms with E-state index in [-0.39, 0.29) is 12.5 Å². The van der Waals surface area contributed by atoms with Crippen LogP contribution in [0.4, 0.5) is 0 Å². The first-order chi connectivity index (χ1) is 8.45. The van der Waals surface area contributed by atoms with Gasteiger partial charge < -0.3 is 15.5 Å². The quantitative estimate of drug-likeness (QED) is 0.691. The summed E-state index contributed by atoms with van der Waals surface area (Å²) in [7, 11) is 0. The summed E-state index contributed by atoms with van der Waals surface area (Å²) in [6.07, 6.45) is 0.318. The SMILES string of the molecule is CSc1ccc(C)c(C(=O)NCC(O)C(=O)O)c1. The molecule has 1 amide bonds. The second kappa shape index (κ2) is 6.42. The molecule has 0 fully saturated rings. The monoisotopic (exact) mass is 269 g/mol. The second-order valence-electron chi connectivity index (χ2n) is 3.74. The summed E-state index contributed by atoms with van der Waals surface area (Å²) >= 11 is 1.51. The number of aryl methyl sites for hydroxylation is 1. The standard InChI is InChI=1S/C12H15NO4S/c1-7-3-4-8(18-2)5-9(7)11(15)13-6-10(14)12(16)17/h3-5,10,14H,6H2,1-2H3,(H,13,15)(H,16,17). The van der Waals surface area contributed by atoms with Crippen LogP contribution in [0, 0.1) is 6.92 Å². The predicted molar refractivity (Wildman–Crippen MR) is 68.9 cm³/mol. The summed E-state index contributed by atoms with van der Waals surface area (Å²) in [5, 5.41) is 20.0. The van der Waals surface area contributed by atoms with Gasteiger partial charge in [0, 0.05) is 10.5 Å². The maximum Gasteiger partial charge on any atom is 0.334 e. The maximum absolute atomic E-state index is 11.8. The average Bonchev–Trinajstić information content (AvgIpc) is 2.35. The third-order valence-electron chi connectivity index (χ3n) is 2.43. The van der Waals surface area contributed by atoms with Crippen LogP contribution in [0.1, 0.15) is 15.9 Å². The largest absolute Gasteiger partial charge is 0.479 e. The zero-order valence-electron chi connectivity index (χ0n) is 10.1. The number of hydrogen-bond acceptors (Lipinski definition) is 4. The molecule has 0 heterocycles. The van der Waals surface area contributed by atoms with Gasteiger partial charge in [-0.2, -0.15) is 0 Å². The van der Waals surface area contributed by atoms with E-state index < -0.39 is 12.1 Å². The number of nitrogens with one attached hydrogen (secondary N) is 1. The lowest BCUT2D eigenvalue weighted by atomic mass is 10.1. The van der Waals surface area contributed by atoms with Gasteiger partial charge in [0.1, 0.15) is 0 Å². The number of carboxylic acids is 1. The van der Waals surface area contributed by atoms with Crippen LogP contribution in [0.2, 0.25) is 0 Å². The molecule has 3 N–H and O–H groups in total. The Morgan fingerprint density at radius 1 is 1.44 bits per heavy atom. The van der Waals surface area contributed by atoms with E-state index in [0.717, 1.165) is 10.5 Å². The molecular weight excluding hydrogens is 254 g/mol. The van der Waals surface area contributed by atoms with Gasteiger partial charge in [0.05, 0.1) is 6.54 Å². The number of carbonyl (C=O) groups is 2. The van der Waals surface area contributed by atoms with Crippen LogP contribution in [0.15, 0.2) is 23.1 Å². The van der Waals surface area contributed by atoms with Crippen molar-refractivity contribution < 1.29 is 19.8 Å². The van der Waals surface area contributed by atoms with Crippen LogP contribution >= 0.6 is 11.8 Å². The highest BCUT2D eigenvalue weighted by atomic mass is 32.2. The van der Waals surface area contributed by atoms with E-state index in [2.05, 4.69) is 5.32 Å². The van der Waals surface area contributed by atoms with Gasteiger partial charge >= 0.3 is 5.97 Å². The molecular formula is C12H15NO4S. The van der Waals surface area contributed by atoms with E-state index in [1.165, 1.54) is 11.8 Å². The van der Waals surface area contributed by atoms with Gasteiger partial charge in [-0.05, 0) is 30.9 Å². The Hall–Kier alpha value is -1.53. The number of thioether (sulfide) groups is 1. The summed E-state index contributed by atoms with van der Waals surface area (Å²) in [5.41, 5.74) is 1.29. The molecule has 1 aromatic carbocycles. The van der Waals surface area contributed by atoms with Crippen molar-refractivity contribution in [2.75, 3.05) is 12.8 Å². The summed E-state index contributed by atoms with van der Waals surface area (Å²) in [4.78, 5) is 23.2. The third-order valence-corrected chi connectivity index (χ3v) is 3.16. The number of rotatable bonds is 5. The molecule has 0 saturated heterocycles. The topological polar surface area (TPSA) is 86.6 Å². The Morgan fingerprint density at radius 2 is 2.11 bits per heavy atom. The lowest BCUT2D eigenvalue weighted by molar-refractivity contribution is -0.146. The summed E-state index contributed by atoms with van der Waals surface area (Å²) < 4.78 is 0. The van der Waals surface area contributed by atoms with Crippen LogP contribution in [-0.4, -0.2) is 41.0 Å². The Bertz CT molecular complexity index is 461. The van der Waals surface area contributed by atoms with Crippen molar-refractivity contribution >= 4 is 23.6 Å². The van der Waals surface area contributed by atoms with E-state index >= 15 is 0 Å². The van der Waals surface area contributed by atoms with Crippen LogP contribution in [0.5, 0.6) is 0 Å². The van der Waals surface area contributed by atoms with Crippen molar-refractivity contribution in [3.05, 3.63) is 29.3 Å². The van der Waals surface area contributed by atoms with Crippen LogP contribution in [0.3, 0.4) is 0 Å². The Morgan fingerprint density at radius 3 is 2.67 bits per heavy atom. The van der Waals surface area contributed by atoms with E-state index in [4.69, 9.17) is 10.2 Å². The van der Waals surface area contributed by atoms with Crippen molar-refractivity contribution in [2.24, 2.45) is 0 Å². The minimum Gasteiger partial charge on any atom is -0.479 e. The molecule has 6 heteroatoms. The highest BCUT2D eigenvalue weighted by Gasteiger charge is 2.16. The number of hydrogen-bond donors (Lipinski definition) is 3. The van der Waals surface area contributed by atoms with Crippen LogP contribution in [0.25, 0.3) is 0 Å². The first-order valence-electron chi connectivity index (χ1n) is 5.29. The number of aliphatic hydroxyl groups is 1. The van der Waals surface area contributed by atoms with E-state index in [9.17, 15) is 9.59 Å². The third kappa shape index (κ3) is 3.75. The lowest BCUT2D eigenvalue weighted by Gasteiger charge is -2.10. The predicted octanol–water partition coefficient (Wildman–Crippen LogP) is 0.892. The number of aliphatic carboxylic acids is 1. The Labute approximate surface area is 109 Å². The van der Waals surface area contributed by atoms with Gasteiger partial charge in [0.25, 0.3) is 5.91 Å². The zero-order chi connectivity index (χ0) is 13.7. The molecule has 1 rings (SSSR count). The van der Waals surface area contributed by atoms with E-state index in [0.29, 0.717) is 5.56 Å². The molecule has 0 aliphatic heterocycles. The fourth-order valence-electron chi connectivity index (χ4n) is 1.34. The smallest absolute Gasteiger partial charge is 0.334 e. The molecule has 5 nitrogen and oxygen atoms in total. The first kappa shape index (κ1) is 14.5. The van der Waals surface area contributed by atoms with Crippen LogP contribution in [-0.2, 0) is 4.79 Å². The molecule has 1 aromatic rings. The number of carbonyl (C=O) groups excluding carboxylic acids is 1. The normalized spacial score (nSPS) is 11.9. The summed E-state index contributed by atoms with van der Waals surface area (Å²) in [6.45, 7) is 1.49. The first-order valence-corrected chi connectivity index (χ1v) is 6.52. The Balaban J connectivity index is 2.75. The van der Waals surface area contributed by atoms with Crippen LogP contribution < -0.4 is 5.32 Å². The van der Waals surface area contributed by atoms with Gasteiger partial charge in [-0.3, -0.25) is 4.79 Å². The molecule has 0 spiro atoms. The van der Waals surface area contributed by atoms with Crippen molar-refractivity contribution in [2.45, 2.75) is 17.9 Å². The highest BCUT2D eigenvalue weighted by molar-refractivity contribution is 7.98. The minimum atomic E-state index is -1.59. The van der Waals surface area contributed by atoms with Gasteiger partial charge in [-0.25, -0.2) is 4.79 Å². The molecule has 18 heavy (non-hydrogen) atoms. The van der Waals surface area contributed by atoms with Gasteiger partial charge in [0.15, 0.2) is 6.10 Å². The van der Waals surface area contributed by atoms with Crippen molar-refractivity contribution in [3.63, 3.8) is 0 Å². The molecule has 0 aliphatic carbocycles. The molecule has 1 unspecified atom stereocenters. The maximum atomic E-state index is 11.8. The number of aliphatic hydroxyl groups excluding tert-OH is 1. The summed E-state index contributed by atoms with van der Waals surface area (Å²) in [6, 6.07) is 5.47. The summed E-state index contributed by atoms with van der Waals surface area (Å²) in [5.74, 6) is -1.74. The Kier molecular flexibility index (Phi) is 5.18. The van der Waals surface area contributed by atoms with Crippen molar-refractivity contribution in [1.29, 1.82) is 0 Å². The minimum absolute atomic E-state index is 0.308. The van der Waals surface area contributed by atoms with E-state index in [1.54, 1.807) is 13.0 Å². The number of benzene rings is 1. The van der Waals surface area contributed by atoms with Gasteiger partial charge in [-0.1, -0.05) is 6.07 Å². The number of amides is 1. The van der Waals surface area contributed by atoms with Gasteiger partial charge in [-0.15, -0.1) is 11.8 Å². The highest BCUT2D eigenvalue weighted by Crippen LogP contribution is 2.18. The zero-order valence-corrected chi connectivity index (χ0v) is 11.0.